The number of carbonyl (C=O) groups excluding carboxylic acids is 2. The number of hydrogen-bond acceptors (Lipinski definition) is 4. The molecule has 0 spiro atoms. The summed E-state index contributed by atoms with van der Waals surface area (Å²) in [5, 5.41) is 11.8. The Balaban J connectivity index is 2.75. The molecule has 0 aliphatic carbocycles. The Morgan fingerprint density at radius 3 is 2.48 bits per heavy atom. The maximum atomic E-state index is 12.1. The van der Waals surface area contributed by atoms with Gasteiger partial charge in [-0.2, -0.15) is 5.26 Å². The number of likely N-dealkylation sites (N-methyl/N-ethyl adjacent to an activating group) is 1. The minimum absolute atomic E-state index is 0.0446. The lowest BCUT2D eigenvalue weighted by molar-refractivity contribution is -0.127. The van der Waals surface area contributed by atoms with Crippen LogP contribution < -0.4 is 10.2 Å². The highest BCUT2D eigenvalue weighted by molar-refractivity contribution is 5.89. The third-order valence-corrected chi connectivity index (χ3v) is 3.24. The third-order valence-electron chi connectivity index (χ3n) is 3.24. The number of benzene rings is 1. The normalized spacial score (nSPS) is 11.6. The van der Waals surface area contributed by atoms with Crippen molar-refractivity contribution in [3.8, 4) is 6.07 Å². The molecule has 5 heteroatoms. The van der Waals surface area contributed by atoms with Crippen molar-refractivity contribution in [1.29, 1.82) is 5.26 Å². The summed E-state index contributed by atoms with van der Waals surface area (Å²) in [7, 11) is 1.74. The number of anilines is 1. The van der Waals surface area contributed by atoms with E-state index in [1.165, 1.54) is 6.92 Å². The molecule has 5 nitrogen and oxygen atoms in total. The molecule has 0 heterocycles. The molecule has 1 atom stereocenters. The van der Waals surface area contributed by atoms with Crippen LogP contribution in [0.15, 0.2) is 24.3 Å². The van der Waals surface area contributed by atoms with Crippen LogP contribution in [-0.4, -0.2) is 31.3 Å². The lowest BCUT2D eigenvalue weighted by Gasteiger charge is -2.23. The number of rotatable bonds is 6. The Morgan fingerprint density at radius 1 is 1.33 bits per heavy atom. The molecule has 0 radical (unpaired) electrons. The van der Waals surface area contributed by atoms with Crippen LogP contribution in [0.5, 0.6) is 0 Å². The number of Topliss-reactive ketones (excluding diaryl/α,β-unsaturated/α-hetero) is 1. The number of nitrogens with one attached hydrogen (secondary N) is 1. The Morgan fingerprint density at radius 2 is 1.95 bits per heavy atom. The molecule has 0 saturated carbocycles. The van der Waals surface area contributed by atoms with Crippen LogP contribution in [0.2, 0.25) is 0 Å². The number of ketones is 1. The van der Waals surface area contributed by atoms with Gasteiger partial charge in [0.05, 0.1) is 23.8 Å². The van der Waals surface area contributed by atoms with Gasteiger partial charge in [-0.25, -0.2) is 0 Å². The fourth-order valence-corrected chi connectivity index (χ4v) is 2.16. The summed E-state index contributed by atoms with van der Waals surface area (Å²) in [4.78, 5) is 25.3. The quantitative estimate of drug-likeness (QED) is 0.864. The van der Waals surface area contributed by atoms with Gasteiger partial charge in [0, 0.05) is 7.05 Å². The van der Waals surface area contributed by atoms with E-state index >= 15 is 0 Å². The molecule has 0 fully saturated rings. The second-order valence-corrected chi connectivity index (χ2v) is 5.38. The molecule has 1 N–H and O–H groups in total. The van der Waals surface area contributed by atoms with Crippen LogP contribution in [-0.2, 0) is 9.59 Å². The monoisotopic (exact) mass is 287 g/mol. The van der Waals surface area contributed by atoms with Gasteiger partial charge >= 0.3 is 0 Å². The van der Waals surface area contributed by atoms with E-state index in [0.29, 0.717) is 11.3 Å². The molecule has 0 aromatic heterocycles. The third kappa shape index (κ3) is 4.60. The summed E-state index contributed by atoms with van der Waals surface area (Å²) >= 11 is 0. The zero-order valence-corrected chi connectivity index (χ0v) is 12.9. The molecule has 0 aliphatic rings. The number of carbonyl (C=O) groups is 2. The van der Waals surface area contributed by atoms with Crippen LogP contribution in [0, 0.1) is 17.2 Å². The molecule has 0 aliphatic heterocycles. The van der Waals surface area contributed by atoms with E-state index in [1.807, 2.05) is 19.9 Å². The average molecular weight is 287 g/mol. The maximum absolute atomic E-state index is 12.1. The predicted molar refractivity (Wildman–Crippen MR) is 81.9 cm³/mol. The molecular weight excluding hydrogens is 266 g/mol. The Labute approximate surface area is 125 Å². The smallest absolute Gasteiger partial charge is 0.240 e. The predicted octanol–water partition coefficient (Wildman–Crippen LogP) is 1.72. The van der Waals surface area contributed by atoms with E-state index in [4.69, 9.17) is 5.26 Å². The summed E-state index contributed by atoms with van der Waals surface area (Å²) in [5.41, 5.74) is 1.21. The topological polar surface area (TPSA) is 73.2 Å². The number of hydrogen-bond donors (Lipinski definition) is 1. The van der Waals surface area contributed by atoms with Crippen molar-refractivity contribution in [1.82, 2.24) is 5.32 Å². The Kier molecular flexibility index (Phi) is 5.92. The Bertz CT molecular complexity index is 561. The maximum Gasteiger partial charge on any atom is 0.240 e. The van der Waals surface area contributed by atoms with Gasteiger partial charge in [-0.15, -0.1) is 0 Å². The van der Waals surface area contributed by atoms with Crippen molar-refractivity contribution < 1.29 is 9.59 Å². The number of amides is 1. The van der Waals surface area contributed by atoms with Crippen LogP contribution in [0.3, 0.4) is 0 Å². The van der Waals surface area contributed by atoms with Gasteiger partial charge in [0.2, 0.25) is 5.91 Å². The molecule has 112 valence electrons. The van der Waals surface area contributed by atoms with E-state index in [1.54, 1.807) is 30.1 Å². The van der Waals surface area contributed by atoms with E-state index in [2.05, 4.69) is 11.4 Å². The molecule has 1 aromatic rings. The van der Waals surface area contributed by atoms with E-state index < -0.39 is 6.04 Å². The molecular formula is C16H21N3O2. The Hall–Kier alpha value is -2.35. The summed E-state index contributed by atoms with van der Waals surface area (Å²) in [6.45, 7) is 5.34. The standard InChI is InChI=1S/C16H21N3O2/c1-11(2)16(12(3)20)18-15(21)10-19(4)14-8-6-5-7-13(14)9-17/h5-8,11,16H,10H2,1-4H3,(H,18,21). The molecule has 21 heavy (non-hydrogen) atoms. The second-order valence-electron chi connectivity index (χ2n) is 5.38. The number of nitrogens with zero attached hydrogens (tertiary/aromatic N) is 2. The van der Waals surface area contributed by atoms with Gasteiger partial charge in [-0.05, 0) is 25.0 Å². The van der Waals surface area contributed by atoms with Gasteiger partial charge in [-0.3, -0.25) is 9.59 Å². The van der Waals surface area contributed by atoms with Crippen molar-refractivity contribution in [2.45, 2.75) is 26.8 Å². The zero-order valence-electron chi connectivity index (χ0n) is 12.9. The minimum atomic E-state index is -0.475. The highest BCUT2D eigenvalue weighted by Crippen LogP contribution is 2.17. The molecule has 0 saturated heterocycles. The van der Waals surface area contributed by atoms with Gasteiger partial charge in [0.1, 0.15) is 6.07 Å². The van der Waals surface area contributed by atoms with Crippen LogP contribution in [0.25, 0.3) is 0 Å². The highest BCUT2D eigenvalue weighted by atomic mass is 16.2. The van der Waals surface area contributed by atoms with Gasteiger partial charge in [0.25, 0.3) is 0 Å². The van der Waals surface area contributed by atoms with Crippen molar-refractivity contribution in [2.75, 3.05) is 18.5 Å². The van der Waals surface area contributed by atoms with Crippen molar-refractivity contribution in [2.24, 2.45) is 5.92 Å². The van der Waals surface area contributed by atoms with Crippen molar-refractivity contribution >= 4 is 17.4 Å². The fraction of sp³-hybridized carbons (Fsp3) is 0.438. The summed E-state index contributed by atoms with van der Waals surface area (Å²) < 4.78 is 0. The molecule has 1 unspecified atom stereocenters. The number of para-hydroxylation sites is 1. The first-order chi connectivity index (χ1) is 9.86. The highest BCUT2D eigenvalue weighted by Gasteiger charge is 2.21. The van der Waals surface area contributed by atoms with E-state index in [0.717, 1.165) is 0 Å². The molecule has 0 bridgehead atoms. The van der Waals surface area contributed by atoms with Crippen molar-refractivity contribution in [3.05, 3.63) is 29.8 Å². The molecule has 1 aromatic carbocycles. The van der Waals surface area contributed by atoms with Gasteiger partial charge in [0.15, 0.2) is 5.78 Å². The molecule has 1 rings (SSSR count). The van der Waals surface area contributed by atoms with E-state index in [9.17, 15) is 9.59 Å². The average Bonchev–Trinajstić information content (AvgIpc) is 2.43. The van der Waals surface area contributed by atoms with Gasteiger partial charge in [-0.1, -0.05) is 26.0 Å². The lowest BCUT2D eigenvalue weighted by Crippen LogP contribution is -2.47. The first-order valence-corrected chi connectivity index (χ1v) is 6.87. The minimum Gasteiger partial charge on any atom is -0.364 e. The fourth-order valence-electron chi connectivity index (χ4n) is 2.16. The largest absolute Gasteiger partial charge is 0.364 e. The summed E-state index contributed by atoms with van der Waals surface area (Å²) in [5.74, 6) is -0.249. The zero-order chi connectivity index (χ0) is 16.0. The first kappa shape index (κ1) is 16.7. The van der Waals surface area contributed by atoms with Crippen molar-refractivity contribution in [3.63, 3.8) is 0 Å². The SMILES string of the molecule is CC(=O)C(NC(=O)CN(C)c1ccccc1C#N)C(C)C. The van der Waals surface area contributed by atoms with Gasteiger partial charge < -0.3 is 10.2 Å². The van der Waals surface area contributed by atoms with Crippen LogP contribution in [0.4, 0.5) is 5.69 Å². The number of nitriles is 1. The first-order valence-electron chi connectivity index (χ1n) is 6.87. The summed E-state index contributed by atoms with van der Waals surface area (Å²) in [6, 6.07) is 8.71. The lowest BCUT2D eigenvalue weighted by atomic mass is 10.0. The van der Waals surface area contributed by atoms with Crippen LogP contribution in [0.1, 0.15) is 26.3 Å². The van der Waals surface area contributed by atoms with Crippen LogP contribution >= 0.6 is 0 Å². The second kappa shape index (κ2) is 7.44. The summed E-state index contributed by atoms with van der Waals surface area (Å²) in [6.07, 6.45) is 0. The molecule has 1 amide bonds. The van der Waals surface area contributed by atoms with E-state index in [-0.39, 0.29) is 24.2 Å².